The summed E-state index contributed by atoms with van der Waals surface area (Å²) < 4.78 is 69.6. The van der Waals surface area contributed by atoms with Gasteiger partial charge in [0, 0.05) is 16.7 Å². The van der Waals surface area contributed by atoms with Gasteiger partial charge in [-0.05, 0) is 30.7 Å². The van der Waals surface area contributed by atoms with Gasteiger partial charge >= 0.3 is 6.18 Å². The third-order valence-corrected chi connectivity index (χ3v) is 4.33. The molecule has 0 saturated carbocycles. The van der Waals surface area contributed by atoms with E-state index in [-0.39, 0.29) is 21.7 Å². The zero-order chi connectivity index (χ0) is 19.1. The van der Waals surface area contributed by atoms with Crippen molar-refractivity contribution >= 4 is 11.6 Å². The van der Waals surface area contributed by atoms with E-state index in [4.69, 9.17) is 11.6 Å². The molecule has 0 fully saturated rings. The second kappa shape index (κ2) is 6.72. The highest BCUT2D eigenvalue weighted by atomic mass is 35.5. The zero-order valence-electron chi connectivity index (χ0n) is 13.5. The van der Waals surface area contributed by atoms with Gasteiger partial charge in [-0.3, -0.25) is 0 Å². The number of aryl methyl sites for hydroxylation is 1. The first-order valence-corrected chi connectivity index (χ1v) is 7.99. The molecule has 0 nitrogen and oxygen atoms in total. The first kappa shape index (κ1) is 18.4. The number of hydrogen-bond donors (Lipinski definition) is 0. The molecule has 3 rings (SSSR count). The van der Waals surface area contributed by atoms with Crippen molar-refractivity contribution in [2.45, 2.75) is 13.1 Å². The topological polar surface area (TPSA) is 0 Å². The quantitative estimate of drug-likeness (QED) is 0.408. The molecule has 26 heavy (non-hydrogen) atoms. The van der Waals surface area contributed by atoms with Gasteiger partial charge in [0.15, 0.2) is 0 Å². The van der Waals surface area contributed by atoms with Crippen LogP contribution in [0.15, 0.2) is 54.6 Å². The molecule has 0 unspecified atom stereocenters. The Kier molecular flexibility index (Phi) is 4.76. The predicted octanol–water partition coefficient (Wildman–Crippen LogP) is 7.28. The molecule has 3 aromatic carbocycles. The molecule has 0 atom stereocenters. The van der Waals surface area contributed by atoms with Crippen molar-refractivity contribution in [2.24, 2.45) is 0 Å². The van der Waals surface area contributed by atoms with Gasteiger partial charge in [0.1, 0.15) is 11.6 Å². The summed E-state index contributed by atoms with van der Waals surface area (Å²) in [7, 11) is 0. The van der Waals surface area contributed by atoms with Crippen LogP contribution in [-0.4, -0.2) is 0 Å². The normalized spacial score (nSPS) is 11.7. The van der Waals surface area contributed by atoms with Gasteiger partial charge in [-0.25, -0.2) is 8.78 Å². The van der Waals surface area contributed by atoms with Crippen LogP contribution in [0, 0.1) is 18.6 Å². The minimum absolute atomic E-state index is 0.0507. The Morgan fingerprint density at radius 3 is 2.04 bits per heavy atom. The number of alkyl halides is 3. The van der Waals surface area contributed by atoms with E-state index in [1.165, 1.54) is 24.3 Å². The Labute approximate surface area is 151 Å². The van der Waals surface area contributed by atoms with Crippen LogP contribution in [0.1, 0.15) is 11.1 Å². The Hall–Kier alpha value is -2.40. The standard InChI is InChI=1S/C20H12ClF5/c1-11-5-7-12(8-6-11)17-14(20(24,25)26)10-9-13(19(17)23)18-15(21)3-2-4-16(18)22/h2-10H,1H3. The van der Waals surface area contributed by atoms with Gasteiger partial charge in [0.2, 0.25) is 0 Å². The molecular formula is C20H12ClF5. The Morgan fingerprint density at radius 2 is 1.46 bits per heavy atom. The van der Waals surface area contributed by atoms with E-state index in [0.29, 0.717) is 0 Å². The monoisotopic (exact) mass is 382 g/mol. The van der Waals surface area contributed by atoms with Gasteiger partial charge < -0.3 is 0 Å². The minimum Gasteiger partial charge on any atom is -0.206 e. The van der Waals surface area contributed by atoms with Gasteiger partial charge in [0.25, 0.3) is 0 Å². The molecule has 0 aliphatic heterocycles. The lowest BCUT2D eigenvalue weighted by Gasteiger charge is -2.17. The lowest BCUT2D eigenvalue weighted by molar-refractivity contribution is -0.137. The number of hydrogen-bond acceptors (Lipinski definition) is 0. The highest BCUT2D eigenvalue weighted by Crippen LogP contribution is 2.43. The molecule has 6 heteroatoms. The molecular weight excluding hydrogens is 371 g/mol. The van der Waals surface area contributed by atoms with E-state index < -0.39 is 28.9 Å². The van der Waals surface area contributed by atoms with E-state index in [0.717, 1.165) is 23.8 Å². The molecule has 0 spiro atoms. The van der Waals surface area contributed by atoms with Crippen LogP contribution in [0.2, 0.25) is 5.02 Å². The van der Waals surface area contributed by atoms with Crippen molar-refractivity contribution < 1.29 is 22.0 Å². The van der Waals surface area contributed by atoms with Gasteiger partial charge in [-0.1, -0.05) is 53.6 Å². The van der Waals surface area contributed by atoms with Crippen LogP contribution in [0.3, 0.4) is 0 Å². The highest BCUT2D eigenvalue weighted by Gasteiger charge is 2.36. The van der Waals surface area contributed by atoms with Crippen LogP contribution < -0.4 is 0 Å². The summed E-state index contributed by atoms with van der Waals surface area (Å²) in [5.41, 5.74) is -1.49. The smallest absolute Gasteiger partial charge is 0.206 e. The lowest BCUT2D eigenvalue weighted by Crippen LogP contribution is -2.09. The molecule has 0 bridgehead atoms. The van der Waals surface area contributed by atoms with Crippen molar-refractivity contribution in [3.8, 4) is 22.3 Å². The zero-order valence-corrected chi connectivity index (χ0v) is 14.2. The second-order valence-electron chi connectivity index (χ2n) is 5.81. The summed E-state index contributed by atoms with van der Waals surface area (Å²) in [6.07, 6.45) is -4.77. The molecule has 0 heterocycles. The summed E-state index contributed by atoms with van der Waals surface area (Å²) in [5, 5.41) is -0.0847. The summed E-state index contributed by atoms with van der Waals surface area (Å²) in [6.45, 7) is 1.76. The number of rotatable bonds is 2. The van der Waals surface area contributed by atoms with Crippen molar-refractivity contribution in [2.75, 3.05) is 0 Å². The van der Waals surface area contributed by atoms with Crippen molar-refractivity contribution in [3.63, 3.8) is 0 Å². The molecule has 0 aromatic heterocycles. The molecule has 0 N–H and O–H groups in total. The largest absolute Gasteiger partial charge is 0.417 e. The first-order chi connectivity index (χ1) is 12.2. The lowest BCUT2D eigenvalue weighted by atomic mass is 9.92. The van der Waals surface area contributed by atoms with Crippen LogP contribution in [0.25, 0.3) is 22.3 Å². The Balaban J connectivity index is 2.35. The third kappa shape index (κ3) is 3.31. The number of benzene rings is 3. The maximum atomic E-state index is 15.2. The summed E-state index contributed by atoms with van der Waals surface area (Å²) in [4.78, 5) is 0. The fourth-order valence-electron chi connectivity index (χ4n) is 2.76. The van der Waals surface area contributed by atoms with Crippen molar-refractivity contribution in [1.82, 2.24) is 0 Å². The molecule has 0 aliphatic rings. The highest BCUT2D eigenvalue weighted by molar-refractivity contribution is 6.33. The number of halogens is 6. The second-order valence-corrected chi connectivity index (χ2v) is 6.22. The van der Waals surface area contributed by atoms with E-state index in [1.807, 2.05) is 0 Å². The van der Waals surface area contributed by atoms with Crippen molar-refractivity contribution in [1.29, 1.82) is 0 Å². The van der Waals surface area contributed by atoms with Gasteiger partial charge in [-0.2, -0.15) is 13.2 Å². The Morgan fingerprint density at radius 1 is 0.808 bits per heavy atom. The fraction of sp³-hybridized carbons (Fsp3) is 0.100. The summed E-state index contributed by atoms with van der Waals surface area (Å²) >= 11 is 5.96. The minimum atomic E-state index is -4.77. The average molecular weight is 383 g/mol. The van der Waals surface area contributed by atoms with E-state index >= 15 is 4.39 Å². The first-order valence-electron chi connectivity index (χ1n) is 7.61. The maximum absolute atomic E-state index is 15.2. The molecule has 3 aromatic rings. The van der Waals surface area contributed by atoms with E-state index in [9.17, 15) is 17.6 Å². The summed E-state index contributed by atoms with van der Waals surface area (Å²) in [5.74, 6) is -1.98. The van der Waals surface area contributed by atoms with E-state index in [1.54, 1.807) is 19.1 Å². The predicted molar refractivity (Wildman–Crippen MR) is 92.0 cm³/mol. The molecule has 0 aliphatic carbocycles. The van der Waals surface area contributed by atoms with Crippen LogP contribution in [0.5, 0.6) is 0 Å². The Bertz CT molecular complexity index is 939. The maximum Gasteiger partial charge on any atom is 0.417 e. The fourth-order valence-corrected chi connectivity index (χ4v) is 3.03. The molecule has 0 amide bonds. The summed E-state index contributed by atoms with van der Waals surface area (Å²) in [6, 6.07) is 11.4. The van der Waals surface area contributed by atoms with Gasteiger partial charge in [0.05, 0.1) is 10.6 Å². The molecule has 0 radical (unpaired) electrons. The van der Waals surface area contributed by atoms with E-state index in [2.05, 4.69) is 0 Å². The van der Waals surface area contributed by atoms with Gasteiger partial charge in [-0.15, -0.1) is 0 Å². The third-order valence-electron chi connectivity index (χ3n) is 4.02. The average Bonchev–Trinajstić information content (AvgIpc) is 2.56. The van der Waals surface area contributed by atoms with Crippen LogP contribution in [0.4, 0.5) is 22.0 Å². The SMILES string of the molecule is Cc1ccc(-c2c(C(F)(F)F)ccc(-c3c(F)cccc3Cl)c2F)cc1. The van der Waals surface area contributed by atoms with Crippen LogP contribution >= 0.6 is 11.6 Å². The molecule has 0 saturated heterocycles. The van der Waals surface area contributed by atoms with Crippen molar-refractivity contribution in [3.05, 3.63) is 82.4 Å². The molecule has 134 valence electrons. The van der Waals surface area contributed by atoms with Crippen LogP contribution in [-0.2, 0) is 6.18 Å².